The number of benzene rings is 5. The monoisotopic (exact) mass is 568 g/mol. The van der Waals surface area contributed by atoms with Crippen molar-refractivity contribution in [3.05, 3.63) is 156 Å². The molecule has 5 heteroatoms. The molecule has 0 aromatic heterocycles. The van der Waals surface area contributed by atoms with Crippen molar-refractivity contribution in [2.45, 2.75) is 18.0 Å². The molecular weight excluding hydrogens is 532 g/mol. The molecule has 1 atom stereocenters. The number of hydrogen-bond acceptors (Lipinski definition) is 5. The molecular formula is C38H36N2O3. The number of allylic oxidation sites excluding steroid dienone is 1. The molecule has 5 nitrogen and oxygen atoms in total. The van der Waals surface area contributed by atoms with Crippen LogP contribution >= 0.6 is 0 Å². The predicted octanol–water partition coefficient (Wildman–Crippen LogP) is 7.00. The zero-order valence-corrected chi connectivity index (χ0v) is 24.7. The molecule has 1 N–H and O–H groups in total. The van der Waals surface area contributed by atoms with E-state index >= 15 is 0 Å². The minimum atomic E-state index is -0.926. The topological polar surface area (TPSA) is 58.6 Å². The third-order valence-electron chi connectivity index (χ3n) is 7.77. The zero-order valence-electron chi connectivity index (χ0n) is 24.7. The van der Waals surface area contributed by atoms with Crippen molar-refractivity contribution in [2.75, 3.05) is 26.1 Å². The molecule has 0 saturated carbocycles. The third kappa shape index (κ3) is 6.27. The van der Waals surface area contributed by atoms with Crippen molar-refractivity contribution in [1.29, 1.82) is 0 Å². The van der Waals surface area contributed by atoms with Gasteiger partial charge in [0.2, 0.25) is 0 Å². The number of carbonyl (C=O) groups is 2. The first-order valence-corrected chi connectivity index (χ1v) is 14.4. The molecule has 0 bridgehead atoms. The maximum absolute atomic E-state index is 13.5. The standard InChI is InChI=1S/C38H36N2O3/c1-40(2)36-26-24-28(33-21-13-14-22-34(33)36)23-25-32(41)27-35(37(42)43-3)39-38(29-15-7-4-8-16-29,30-17-9-5-10-18-30)31-19-11-6-12-20-31/h4-26,35,39H,27H2,1-3H3/b25-23+/t35-/m0/s1. The number of hydrogen-bond donors (Lipinski definition) is 1. The number of carbonyl (C=O) groups excluding carboxylic acids is 2. The van der Waals surface area contributed by atoms with Gasteiger partial charge in [0.15, 0.2) is 5.78 Å². The number of nitrogens with zero attached hydrogens (tertiary/aromatic N) is 1. The summed E-state index contributed by atoms with van der Waals surface area (Å²) in [5, 5.41) is 5.77. The Bertz CT molecular complexity index is 1620. The molecule has 0 unspecified atom stereocenters. The van der Waals surface area contributed by atoms with Crippen LogP contribution in [0.25, 0.3) is 16.8 Å². The number of ketones is 1. The van der Waals surface area contributed by atoms with Gasteiger partial charge in [0.05, 0.1) is 12.6 Å². The van der Waals surface area contributed by atoms with Gasteiger partial charge in [-0.2, -0.15) is 0 Å². The van der Waals surface area contributed by atoms with E-state index in [2.05, 4.69) is 28.4 Å². The second-order valence-corrected chi connectivity index (χ2v) is 10.7. The van der Waals surface area contributed by atoms with Crippen molar-refractivity contribution < 1.29 is 14.3 Å². The average Bonchev–Trinajstić information content (AvgIpc) is 3.06. The van der Waals surface area contributed by atoms with Crippen LogP contribution in [0.4, 0.5) is 5.69 Å². The molecule has 0 aliphatic heterocycles. The van der Waals surface area contributed by atoms with Crippen molar-refractivity contribution in [1.82, 2.24) is 5.32 Å². The van der Waals surface area contributed by atoms with E-state index in [0.717, 1.165) is 38.7 Å². The lowest BCUT2D eigenvalue weighted by Crippen LogP contribution is -2.53. The van der Waals surface area contributed by atoms with Gasteiger partial charge in [-0.1, -0.05) is 127 Å². The highest BCUT2D eigenvalue weighted by Crippen LogP contribution is 2.37. The molecule has 5 aromatic rings. The number of fused-ring (bicyclic) bond motifs is 1. The van der Waals surface area contributed by atoms with Crippen LogP contribution in [0.3, 0.4) is 0 Å². The van der Waals surface area contributed by atoms with E-state index in [-0.39, 0.29) is 12.2 Å². The van der Waals surface area contributed by atoms with Gasteiger partial charge in [-0.15, -0.1) is 0 Å². The van der Waals surface area contributed by atoms with Gasteiger partial charge < -0.3 is 9.64 Å². The molecule has 216 valence electrons. The Morgan fingerprint density at radius 1 is 0.721 bits per heavy atom. The Hall–Kier alpha value is -5.00. The molecule has 0 amide bonds. The summed E-state index contributed by atoms with van der Waals surface area (Å²) in [4.78, 5) is 28.9. The molecule has 0 radical (unpaired) electrons. The SMILES string of the molecule is COC(=O)[C@H](CC(=O)/C=C/c1ccc(N(C)C)c2ccccc12)NC(c1ccccc1)(c1ccccc1)c1ccccc1. The number of ether oxygens (including phenoxy) is 1. The molecule has 0 saturated heterocycles. The zero-order chi connectivity index (χ0) is 30.2. The van der Waals surface area contributed by atoms with Crippen molar-refractivity contribution in [3.8, 4) is 0 Å². The van der Waals surface area contributed by atoms with Crippen molar-refractivity contribution >= 4 is 34.3 Å². The maximum atomic E-state index is 13.5. The van der Waals surface area contributed by atoms with Gasteiger partial charge >= 0.3 is 5.97 Å². The minimum absolute atomic E-state index is 0.0782. The molecule has 0 fully saturated rings. The Labute approximate surface area is 253 Å². The summed E-state index contributed by atoms with van der Waals surface area (Å²) >= 11 is 0. The number of rotatable bonds is 11. The fraction of sp³-hybridized carbons (Fsp3) is 0.158. The van der Waals surface area contributed by atoms with Crippen LogP contribution in [-0.2, 0) is 19.9 Å². The summed E-state index contributed by atoms with van der Waals surface area (Å²) in [7, 11) is 5.38. The van der Waals surface area contributed by atoms with Crippen LogP contribution in [0.5, 0.6) is 0 Å². The van der Waals surface area contributed by atoms with Crippen LogP contribution in [0.2, 0.25) is 0 Å². The van der Waals surface area contributed by atoms with Crippen LogP contribution < -0.4 is 10.2 Å². The number of methoxy groups -OCH3 is 1. The summed E-state index contributed by atoms with van der Waals surface area (Å²) < 4.78 is 5.24. The van der Waals surface area contributed by atoms with Gasteiger partial charge in [0, 0.05) is 31.6 Å². The van der Waals surface area contributed by atoms with Crippen molar-refractivity contribution in [2.24, 2.45) is 0 Å². The van der Waals surface area contributed by atoms with E-state index in [1.54, 1.807) is 6.08 Å². The quantitative estimate of drug-likeness (QED) is 0.106. The summed E-state index contributed by atoms with van der Waals surface area (Å²) in [6.07, 6.45) is 3.31. The number of anilines is 1. The Morgan fingerprint density at radius 3 is 1.70 bits per heavy atom. The fourth-order valence-corrected chi connectivity index (χ4v) is 5.71. The molecule has 5 aromatic carbocycles. The lowest BCUT2D eigenvalue weighted by atomic mass is 9.76. The summed E-state index contributed by atoms with van der Waals surface area (Å²) in [5.41, 5.74) is 3.94. The van der Waals surface area contributed by atoms with Gasteiger partial charge in [-0.3, -0.25) is 14.9 Å². The fourth-order valence-electron chi connectivity index (χ4n) is 5.71. The summed E-state index contributed by atoms with van der Waals surface area (Å²) in [6.45, 7) is 0. The predicted molar refractivity (Wildman–Crippen MR) is 175 cm³/mol. The van der Waals surface area contributed by atoms with Crippen LogP contribution in [-0.4, -0.2) is 39.0 Å². The molecule has 0 heterocycles. The summed E-state index contributed by atoms with van der Waals surface area (Å²) in [5.74, 6) is -0.693. The van der Waals surface area contributed by atoms with E-state index in [0.29, 0.717) is 0 Å². The van der Waals surface area contributed by atoms with Crippen LogP contribution in [0.15, 0.2) is 133 Å². The highest BCUT2D eigenvalue weighted by atomic mass is 16.5. The largest absolute Gasteiger partial charge is 0.468 e. The van der Waals surface area contributed by atoms with E-state index < -0.39 is 17.6 Å². The lowest BCUT2D eigenvalue weighted by Gasteiger charge is -2.39. The van der Waals surface area contributed by atoms with Gasteiger partial charge in [-0.05, 0) is 39.8 Å². The van der Waals surface area contributed by atoms with Crippen LogP contribution in [0, 0.1) is 0 Å². The molecule has 43 heavy (non-hydrogen) atoms. The second kappa shape index (κ2) is 13.3. The second-order valence-electron chi connectivity index (χ2n) is 10.7. The van der Waals surface area contributed by atoms with Crippen LogP contribution in [0.1, 0.15) is 28.7 Å². The maximum Gasteiger partial charge on any atom is 0.323 e. The van der Waals surface area contributed by atoms with E-state index in [9.17, 15) is 9.59 Å². The van der Waals surface area contributed by atoms with Gasteiger partial charge in [-0.25, -0.2) is 0 Å². The molecule has 0 aliphatic carbocycles. The smallest absolute Gasteiger partial charge is 0.323 e. The highest BCUT2D eigenvalue weighted by molar-refractivity contribution is 6.02. The van der Waals surface area contributed by atoms with E-state index in [1.165, 1.54) is 7.11 Å². The normalized spacial score (nSPS) is 12.3. The van der Waals surface area contributed by atoms with Gasteiger partial charge in [0.1, 0.15) is 6.04 Å². The van der Waals surface area contributed by atoms with E-state index in [1.807, 2.05) is 129 Å². The van der Waals surface area contributed by atoms with E-state index in [4.69, 9.17) is 4.74 Å². The third-order valence-corrected chi connectivity index (χ3v) is 7.77. The van der Waals surface area contributed by atoms with Crippen molar-refractivity contribution in [3.63, 3.8) is 0 Å². The minimum Gasteiger partial charge on any atom is -0.468 e. The van der Waals surface area contributed by atoms with Gasteiger partial charge in [0.25, 0.3) is 0 Å². The Balaban J connectivity index is 1.53. The first-order valence-electron chi connectivity index (χ1n) is 14.4. The average molecular weight is 569 g/mol. The number of nitrogens with one attached hydrogen (secondary N) is 1. The highest BCUT2D eigenvalue weighted by Gasteiger charge is 2.40. The number of esters is 1. The molecule has 5 rings (SSSR count). The molecule has 0 spiro atoms. The molecule has 0 aliphatic rings. The first kappa shape index (κ1) is 29.5. The Morgan fingerprint density at radius 2 is 1.21 bits per heavy atom. The summed E-state index contributed by atoms with van der Waals surface area (Å²) in [6, 6.07) is 41.2. The first-order chi connectivity index (χ1) is 20.9. The Kier molecular flexibility index (Phi) is 9.14. The lowest BCUT2D eigenvalue weighted by molar-refractivity contribution is -0.144.